The molecule has 1 atom stereocenters. The van der Waals surface area contributed by atoms with E-state index in [0.717, 1.165) is 6.07 Å². The molecule has 2 aliphatic rings. The Labute approximate surface area is 163 Å². The van der Waals surface area contributed by atoms with Crippen LogP contribution in [-0.2, 0) is 21.0 Å². The number of aromatic nitrogens is 1. The van der Waals surface area contributed by atoms with Gasteiger partial charge in [-0.25, -0.2) is 22.0 Å². The average molecular weight is 417 g/mol. The summed E-state index contributed by atoms with van der Waals surface area (Å²) in [6, 6.07) is 2.20. The molecule has 2 aliphatic heterocycles. The van der Waals surface area contributed by atoms with Gasteiger partial charge < -0.3 is 10.1 Å². The number of rotatable bonds is 4. The first-order valence-electron chi connectivity index (χ1n) is 9.13. The number of ether oxygens (including phenoxy) is 1. The number of amides is 1. The Bertz CT molecular complexity index is 879. The molecule has 2 fully saturated rings. The van der Waals surface area contributed by atoms with Crippen molar-refractivity contribution in [3.63, 3.8) is 0 Å². The van der Waals surface area contributed by atoms with E-state index in [1.165, 1.54) is 11.0 Å². The fourth-order valence-electron chi connectivity index (χ4n) is 3.69. The molecule has 0 aromatic carbocycles. The molecule has 1 amide bonds. The molecule has 1 spiro atoms. The van der Waals surface area contributed by atoms with Crippen molar-refractivity contribution < 1.29 is 26.7 Å². The van der Waals surface area contributed by atoms with Crippen molar-refractivity contribution in [2.24, 2.45) is 5.41 Å². The summed E-state index contributed by atoms with van der Waals surface area (Å²) in [7, 11) is -4.03. The topological polar surface area (TPSA) is 88.6 Å². The third-order valence-corrected chi connectivity index (χ3v) is 7.31. The van der Waals surface area contributed by atoms with Gasteiger partial charge in [0.05, 0.1) is 10.6 Å². The highest BCUT2D eigenvalue weighted by atomic mass is 32.2. The van der Waals surface area contributed by atoms with Crippen LogP contribution >= 0.6 is 0 Å². The van der Waals surface area contributed by atoms with Gasteiger partial charge in [0.2, 0.25) is 9.84 Å². The smallest absolute Gasteiger partial charge is 0.411 e. The Morgan fingerprint density at radius 3 is 2.50 bits per heavy atom. The Morgan fingerprint density at radius 1 is 1.39 bits per heavy atom. The summed E-state index contributed by atoms with van der Waals surface area (Å²) >= 11 is 0. The maximum atomic E-state index is 13.5. The molecule has 28 heavy (non-hydrogen) atoms. The lowest BCUT2D eigenvalue weighted by Crippen LogP contribution is -2.79. The molecule has 7 nitrogen and oxygen atoms in total. The summed E-state index contributed by atoms with van der Waals surface area (Å²) in [6.07, 6.45) is -3.31. The molecule has 0 saturated carbocycles. The zero-order valence-electron chi connectivity index (χ0n) is 16.3. The summed E-state index contributed by atoms with van der Waals surface area (Å²) in [5.74, 6) is 0. The molecule has 1 aromatic heterocycles. The van der Waals surface area contributed by atoms with E-state index in [1.807, 2.05) is 0 Å². The summed E-state index contributed by atoms with van der Waals surface area (Å²) in [5.41, 5.74) is -1.74. The molecular weight excluding hydrogens is 392 g/mol. The summed E-state index contributed by atoms with van der Waals surface area (Å²) in [4.78, 5) is 17.5. The first-order chi connectivity index (χ1) is 12.9. The predicted molar refractivity (Wildman–Crippen MR) is 97.8 cm³/mol. The van der Waals surface area contributed by atoms with Gasteiger partial charge in [0.1, 0.15) is 11.3 Å². The Kier molecular flexibility index (Phi) is 5.16. The number of nitrogens with zero attached hydrogens (tertiary/aromatic N) is 2. The van der Waals surface area contributed by atoms with Gasteiger partial charge in [0.25, 0.3) is 6.43 Å². The van der Waals surface area contributed by atoms with Crippen LogP contribution in [0.3, 0.4) is 0 Å². The fourth-order valence-corrected chi connectivity index (χ4v) is 6.10. The second-order valence-electron chi connectivity index (χ2n) is 8.31. The van der Waals surface area contributed by atoms with Gasteiger partial charge >= 0.3 is 6.09 Å². The Balaban J connectivity index is 1.99. The van der Waals surface area contributed by atoms with Crippen LogP contribution in [0.15, 0.2) is 17.0 Å². The van der Waals surface area contributed by atoms with Crippen molar-refractivity contribution in [3.05, 3.63) is 23.5 Å². The van der Waals surface area contributed by atoms with E-state index in [1.54, 1.807) is 27.7 Å². The molecule has 1 aromatic rings. The molecule has 1 N–H and O–H groups in total. The minimum absolute atomic E-state index is 0.0799. The summed E-state index contributed by atoms with van der Waals surface area (Å²) < 4.78 is 58.2. The molecule has 156 valence electrons. The number of hydrogen-bond donors (Lipinski definition) is 1. The van der Waals surface area contributed by atoms with Gasteiger partial charge in [-0.05, 0) is 39.3 Å². The number of carbonyl (C=O) groups excluding carboxylic acids is 1. The van der Waals surface area contributed by atoms with Gasteiger partial charge in [-0.2, -0.15) is 0 Å². The van der Waals surface area contributed by atoms with Crippen LogP contribution in [0.5, 0.6) is 0 Å². The van der Waals surface area contributed by atoms with E-state index in [9.17, 15) is 22.0 Å². The standard InChI is InChI=1S/C18H25F2N3O4S/c1-5-11-13(7-6-12(22-11)14(19)20)28(25,26)15-18(8-21-9-18)10-23(15)16(24)27-17(2,3)4/h6-7,14-15,21H,5,8-10H2,1-4H3. The first kappa shape index (κ1) is 20.9. The number of nitrogens with one attached hydrogen (secondary N) is 1. The first-order valence-corrected chi connectivity index (χ1v) is 10.7. The highest BCUT2D eigenvalue weighted by Crippen LogP contribution is 2.47. The number of alkyl halides is 2. The van der Waals surface area contributed by atoms with Crippen LogP contribution in [0, 0.1) is 5.41 Å². The summed E-state index contributed by atoms with van der Waals surface area (Å²) in [6.45, 7) is 7.96. The van der Waals surface area contributed by atoms with E-state index in [-0.39, 0.29) is 23.6 Å². The molecule has 0 bridgehead atoms. The van der Waals surface area contributed by atoms with Crippen LogP contribution in [0.4, 0.5) is 13.6 Å². The average Bonchev–Trinajstić information content (AvgIpc) is 2.49. The fraction of sp³-hybridized carbons (Fsp3) is 0.667. The lowest BCUT2D eigenvalue weighted by atomic mass is 9.74. The van der Waals surface area contributed by atoms with Crippen molar-refractivity contribution in [2.45, 2.75) is 56.4 Å². The van der Waals surface area contributed by atoms with Crippen molar-refractivity contribution in [3.8, 4) is 0 Å². The lowest BCUT2D eigenvalue weighted by molar-refractivity contribution is -0.0734. The third kappa shape index (κ3) is 3.47. The maximum absolute atomic E-state index is 13.5. The number of carbonyl (C=O) groups is 1. The second-order valence-corrected chi connectivity index (χ2v) is 10.3. The molecule has 3 heterocycles. The predicted octanol–water partition coefficient (Wildman–Crippen LogP) is 2.52. The Morgan fingerprint density at radius 2 is 2.04 bits per heavy atom. The largest absolute Gasteiger partial charge is 0.444 e. The minimum atomic E-state index is -4.03. The third-order valence-electron chi connectivity index (χ3n) is 4.99. The second kappa shape index (κ2) is 6.91. The minimum Gasteiger partial charge on any atom is -0.444 e. The molecule has 3 rings (SSSR count). The summed E-state index contributed by atoms with van der Waals surface area (Å²) in [5, 5.41) is 1.95. The molecule has 1 unspecified atom stereocenters. The number of sulfone groups is 1. The number of aryl methyl sites for hydroxylation is 1. The van der Waals surface area contributed by atoms with E-state index < -0.39 is 44.4 Å². The number of pyridine rings is 1. The quantitative estimate of drug-likeness (QED) is 0.810. The zero-order chi connectivity index (χ0) is 20.9. The normalized spacial score (nSPS) is 21.4. The molecule has 0 radical (unpaired) electrons. The monoisotopic (exact) mass is 417 g/mol. The van der Waals surface area contributed by atoms with Crippen molar-refractivity contribution >= 4 is 15.9 Å². The van der Waals surface area contributed by atoms with Gasteiger partial charge in [-0.15, -0.1) is 0 Å². The van der Waals surface area contributed by atoms with E-state index in [4.69, 9.17) is 4.74 Å². The SMILES string of the molecule is CCc1nc(C(F)F)ccc1S(=O)(=O)C1N(C(=O)OC(C)(C)C)CC12CNC2. The molecule has 2 saturated heterocycles. The van der Waals surface area contributed by atoms with Crippen molar-refractivity contribution in [1.29, 1.82) is 0 Å². The van der Waals surface area contributed by atoms with Crippen LogP contribution in [-0.4, -0.2) is 55.0 Å². The van der Waals surface area contributed by atoms with E-state index in [0.29, 0.717) is 13.1 Å². The van der Waals surface area contributed by atoms with Crippen LogP contribution < -0.4 is 5.32 Å². The number of hydrogen-bond acceptors (Lipinski definition) is 6. The van der Waals surface area contributed by atoms with E-state index >= 15 is 0 Å². The molecule has 10 heteroatoms. The number of likely N-dealkylation sites (tertiary alicyclic amines) is 1. The van der Waals surface area contributed by atoms with Crippen LogP contribution in [0.2, 0.25) is 0 Å². The van der Waals surface area contributed by atoms with Gasteiger partial charge in [0.15, 0.2) is 5.37 Å². The van der Waals surface area contributed by atoms with Gasteiger partial charge in [-0.1, -0.05) is 6.92 Å². The molecular formula is C18H25F2N3O4S. The van der Waals surface area contributed by atoms with Crippen LogP contribution in [0.1, 0.15) is 45.5 Å². The Hall–Kier alpha value is -1.81. The number of halogens is 2. The van der Waals surface area contributed by atoms with Crippen molar-refractivity contribution in [2.75, 3.05) is 19.6 Å². The maximum Gasteiger partial charge on any atom is 0.411 e. The highest BCUT2D eigenvalue weighted by Gasteiger charge is 2.64. The highest BCUT2D eigenvalue weighted by molar-refractivity contribution is 7.92. The van der Waals surface area contributed by atoms with Gasteiger partial charge in [0, 0.05) is 25.0 Å². The van der Waals surface area contributed by atoms with Crippen molar-refractivity contribution in [1.82, 2.24) is 15.2 Å². The van der Waals surface area contributed by atoms with Gasteiger partial charge in [-0.3, -0.25) is 9.88 Å². The molecule has 0 aliphatic carbocycles. The van der Waals surface area contributed by atoms with E-state index in [2.05, 4.69) is 10.3 Å². The van der Waals surface area contributed by atoms with Crippen LogP contribution in [0.25, 0.3) is 0 Å². The lowest BCUT2D eigenvalue weighted by Gasteiger charge is -2.60. The zero-order valence-corrected chi connectivity index (χ0v) is 17.1.